The van der Waals surface area contributed by atoms with Gasteiger partial charge < -0.3 is 19.5 Å². The molecule has 37 heavy (non-hydrogen) atoms. The minimum absolute atomic E-state index is 0.0396. The van der Waals surface area contributed by atoms with E-state index in [9.17, 15) is 14.7 Å². The molecule has 1 aliphatic heterocycles. The van der Waals surface area contributed by atoms with E-state index in [1.165, 1.54) is 11.0 Å². The van der Waals surface area contributed by atoms with Gasteiger partial charge in [0.05, 0.1) is 24.8 Å². The lowest BCUT2D eigenvalue weighted by molar-refractivity contribution is -0.130. The van der Waals surface area contributed by atoms with Gasteiger partial charge in [0.2, 0.25) is 0 Å². The summed E-state index contributed by atoms with van der Waals surface area (Å²) in [6.45, 7) is 5.10. The van der Waals surface area contributed by atoms with Crippen LogP contribution in [-0.2, 0) is 16.1 Å². The van der Waals surface area contributed by atoms with Crippen LogP contribution < -0.4 is 9.47 Å². The highest BCUT2D eigenvalue weighted by Crippen LogP contribution is 2.42. The Morgan fingerprint density at radius 2 is 1.65 bits per heavy atom. The van der Waals surface area contributed by atoms with E-state index in [-0.39, 0.29) is 12.1 Å². The number of aliphatic hydroxyl groups excluding tert-OH is 1. The van der Waals surface area contributed by atoms with Crippen molar-refractivity contribution >= 4 is 17.8 Å². The molecule has 0 aromatic heterocycles. The molecule has 4 rings (SSSR count). The molecule has 1 atom stereocenters. The Hall–Kier alpha value is -4.32. The maximum atomic E-state index is 13.4. The Kier molecular flexibility index (Phi) is 8.41. The minimum Gasteiger partial charge on any atom is -0.503 e. The molecular formula is C31H31NO5. The highest BCUT2D eigenvalue weighted by molar-refractivity contribution is 6.14. The molecule has 3 aromatic rings. The van der Waals surface area contributed by atoms with Crippen LogP contribution in [0, 0.1) is 0 Å². The lowest BCUT2D eigenvalue weighted by Gasteiger charge is -2.27. The zero-order chi connectivity index (χ0) is 26.2. The second-order valence-electron chi connectivity index (χ2n) is 8.68. The maximum Gasteiger partial charge on any atom is 0.290 e. The quantitative estimate of drug-likeness (QED) is 0.326. The van der Waals surface area contributed by atoms with Gasteiger partial charge in [0.1, 0.15) is 0 Å². The van der Waals surface area contributed by atoms with E-state index in [0.29, 0.717) is 30.3 Å². The zero-order valence-corrected chi connectivity index (χ0v) is 21.1. The number of nitrogens with zero attached hydrogens (tertiary/aromatic N) is 1. The number of hydrogen-bond acceptors (Lipinski definition) is 5. The number of hydrogen-bond donors (Lipinski definition) is 1. The first-order valence-electron chi connectivity index (χ1n) is 12.5. The van der Waals surface area contributed by atoms with Crippen LogP contribution in [-0.4, -0.2) is 34.9 Å². The van der Waals surface area contributed by atoms with Crippen molar-refractivity contribution in [1.29, 1.82) is 0 Å². The summed E-state index contributed by atoms with van der Waals surface area (Å²) >= 11 is 0. The number of benzene rings is 3. The monoisotopic (exact) mass is 497 g/mol. The molecular weight excluding hydrogens is 466 g/mol. The van der Waals surface area contributed by atoms with Crippen LogP contribution in [0.5, 0.6) is 11.5 Å². The predicted molar refractivity (Wildman–Crippen MR) is 143 cm³/mol. The number of ketones is 1. The summed E-state index contributed by atoms with van der Waals surface area (Å²) in [6.07, 6.45) is 3.92. The van der Waals surface area contributed by atoms with Crippen molar-refractivity contribution in [1.82, 2.24) is 4.90 Å². The van der Waals surface area contributed by atoms with Gasteiger partial charge in [0.25, 0.3) is 5.91 Å². The molecule has 190 valence electrons. The van der Waals surface area contributed by atoms with Gasteiger partial charge in [-0.15, -0.1) is 0 Å². The first-order chi connectivity index (χ1) is 18.0. The molecule has 1 heterocycles. The van der Waals surface area contributed by atoms with Gasteiger partial charge in [-0.05, 0) is 48.2 Å². The van der Waals surface area contributed by atoms with Crippen LogP contribution in [0.2, 0.25) is 0 Å². The van der Waals surface area contributed by atoms with E-state index in [1.54, 1.807) is 18.2 Å². The van der Waals surface area contributed by atoms with Crippen LogP contribution in [0.15, 0.2) is 96.3 Å². The number of amides is 1. The summed E-state index contributed by atoms with van der Waals surface area (Å²) in [5.41, 5.74) is 2.42. The Balaban J connectivity index is 1.76. The van der Waals surface area contributed by atoms with Crippen molar-refractivity contribution in [3.8, 4) is 11.5 Å². The van der Waals surface area contributed by atoms with Crippen LogP contribution >= 0.6 is 0 Å². The van der Waals surface area contributed by atoms with Gasteiger partial charge in [-0.1, -0.05) is 79.7 Å². The van der Waals surface area contributed by atoms with E-state index in [0.717, 1.165) is 17.5 Å². The maximum absolute atomic E-state index is 13.4. The Morgan fingerprint density at radius 3 is 2.32 bits per heavy atom. The number of carbonyl (C=O) groups is 2. The molecule has 0 aliphatic carbocycles. The predicted octanol–water partition coefficient (Wildman–Crippen LogP) is 6.05. The lowest BCUT2D eigenvalue weighted by Crippen LogP contribution is -2.30. The van der Waals surface area contributed by atoms with E-state index in [1.807, 2.05) is 80.6 Å². The molecule has 0 saturated heterocycles. The summed E-state index contributed by atoms with van der Waals surface area (Å²) < 4.78 is 11.7. The van der Waals surface area contributed by atoms with Crippen molar-refractivity contribution in [2.45, 2.75) is 32.9 Å². The summed E-state index contributed by atoms with van der Waals surface area (Å²) in [5.74, 6) is -0.433. The number of aliphatic hydroxyl groups is 1. The minimum atomic E-state index is -0.792. The highest BCUT2D eigenvalue weighted by Gasteiger charge is 2.43. The number of rotatable bonds is 11. The van der Waals surface area contributed by atoms with Crippen LogP contribution in [0.25, 0.3) is 6.08 Å². The second-order valence-corrected chi connectivity index (χ2v) is 8.68. The molecule has 1 N–H and O–H groups in total. The topological polar surface area (TPSA) is 76.1 Å². The smallest absolute Gasteiger partial charge is 0.290 e. The Bertz CT molecular complexity index is 1300. The van der Waals surface area contributed by atoms with Crippen molar-refractivity contribution in [2.24, 2.45) is 0 Å². The first-order valence-corrected chi connectivity index (χ1v) is 12.5. The van der Waals surface area contributed by atoms with Gasteiger partial charge in [0.15, 0.2) is 23.0 Å². The van der Waals surface area contributed by atoms with Gasteiger partial charge in [-0.3, -0.25) is 9.59 Å². The normalized spacial score (nSPS) is 15.5. The summed E-state index contributed by atoms with van der Waals surface area (Å²) in [6, 6.07) is 23.5. The first kappa shape index (κ1) is 25.8. The Labute approximate surface area is 217 Å². The largest absolute Gasteiger partial charge is 0.503 e. The summed E-state index contributed by atoms with van der Waals surface area (Å²) in [7, 11) is 0. The summed E-state index contributed by atoms with van der Waals surface area (Å²) in [5, 5.41) is 10.9. The second kappa shape index (κ2) is 12.1. The van der Waals surface area contributed by atoms with E-state index >= 15 is 0 Å². The lowest BCUT2D eigenvalue weighted by atomic mass is 9.95. The third-order valence-electron chi connectivity index (χ3n) is 6.04. The van der Waals surface area contributed by atoms with Gasteiger partial charge in [-0.2, -0.15) is 0 Å². The Morgan fingerprint density at radius 1 is 0.946 bits per heavy atom. The molecule has 0 saturated carbocycles. The fraction of sp³-hybridized carbons (Fsp3) is 0.226. The zero-order valence-electron chi connectivity index (χ0n) is 21.1. The third-order valence-corrected chi connectivity index (χ3v) is 6.04. The molecule has 1 amide bonds. The molecule has 6 heteroatoms. The van der Waals surface area contributed by atoms with Crippen molar-refractivity contribution < 1.29 is 24.2 Å². The van der Waals surface area contributed by atoms with Gasteiger partial charge in [0, 0.05) is 6.54 Å². The molecule has 6 nitrogen and oxygen atoms in total. The third kappa shape index (κ3) is 5.92. The van der Waals surface area contributed by atoms with E-state index in [4.69, 9.17) is 9.47 Å². The molecule has 0 bridgehead atoms. The molecule has 0 fully saturated rings. The fourth-order valence-corrected chi connectivity index (χ4v) is 4.32. The average molecular weight is 498 g/mol. The van der Waals surface area contributed by atoms with Crippen molar-refractivity contribution in [3.05, 3.63) is 113 Å². The van der Waals surface area contributed by atoms with Crippen LogP contribution in [0.3, 0.4) is 0 Å². The molecule has 1 unspecified atom stereocenters. The molecule has 0 radical (unpaired) electrons. The molecule has 1 aliphatic rings. The van der Waals surface area contributed by atoms with E-state index < -0.39 is 23.5 Å². The van der Waals surface area contributed by atoms with Gasteiger partial charge in [-0.25, -0.2) is 0 Å². The highest BCUT2D eigenvalue weighted by atomic mass is 16.5. The number of allylic oxidation sites excluding steroid dienone is 1. The van der Waals surface area contributed by atoms with E-state index in [2.05, 4.69) is 0 Å². The summed E-state index contributed by atoms with van der Waals surface area (Å²) in [4.78, 5) is 28.2. The van der Waals surface area contributed by atoms with Crippen molar-refractivity contribution in [2.75, 3.05) is 13.2 Å². The molecule has 0 spiro atoms. The number of carbonyl (C=O) groups excluding carboxylic acids is 2. The average Bonchev–Trinajstić information content (AvgIpc) is 3.17. The number of ether oxygens (including phenoxy) is 2. The molecule has 3 aromatic carbocycles. The van der Waals surface area contributed by atoms with Gasteiger partial charge >= 0.3 is 0 Å². The van der Waals surface area contributed by atoms with Crippen LogP contribution in [0.4, 0.5) is 0 Å². The SMILES string of the molecule is CCCOc1ccc(C2C(C(=O)/C=C/c3ccccc3)=C(O)C(=O)N2Cc2ccccc2)cc1OCC. The van der Waals surface area contributed by atoms with Crippen LogP contribution in [0.1, 0.15) is 43.0 Å². The fourth-order valence-electron chi connectivity index (χ4n) is 4.32. The standard InChI is InChI=1S/C31H31NO5/c1-3-19-37-26-18-16-24(20-27(26)36-4-2)29-28(25(33)17-15-22-11-7-5-8-12-22)30(34)31(35)32(29)21-23-13-9-6-10-14-23/h5-18,20,29,34H,3-4,19,21H2,1-2H3/b17-15+. The van der Waals surface area contributed by atoms with Crippen molar-refractivity contribution in [3.63, 3.8) is 0 Å².